The Bertz CT molecular complexity index is 593. The van der Waals surface area contributed by atoms with Crippen LogP contribution in [0.4, 0.5) is 13.2 Å². The minimum absolute atomic E-state index is 0.0901. The standard InChI is InChI=1S/C11H10ClF3N2O2S/c12-7-8(20-17-9(7)18)10(19)16-6-4-2-1-3-5(6)11(13,14)15/h1-2,5-6H,3-4H2,(H,16,19)(H,17,18). The number of aromatic amines is 1. The molecule has 4 nitrogen and oxygen atoms in total. The van der Waals surface area contributed by atoms with Crippen molar-refractivity contribution in [2.45, 2.75) is 25.1 Å². The maximum Gasteiger partial charge on any atom is 0.394 e. The summed E-state index contributed by atoms with van der Waals surface area (Å²) in [5, 5.41) is 2.00. The molecule has 2 unspecified atom stereocenters. The number of halogens is 4. The van der Waals surface area contributed by atoms with Crippen molar-refractivity contribution in [3.8, 4) is 0 Å². The van der Waals surface area contributed by atoms with Crippen LogP contribution in [-0.4, -0.2) is 22.5 Å². The maximum absolute atomic E-state index is 12.9. The van der Waals surface area contributed by atoms with Gasteiger partial charge in [-0.2, -0.15) is 13.2 Å². The van der Waals surface area contributed by atoms with Crippen LogP contribution in [0.25, 0.3) is 0 Å². The normalized spacial score (nSPS) is 22.8. The summed E-state index contributed by atoms with van der Waals surface area (Å²) in [6.07, 6.45) is -1.44. The zero-order chi connectivity index (χ0) is 14.9. The molecule has 0 saturated heterocycles. The number of allylic oxidation sites excluding steroid dienone is 1. The molecule has 110 valence electrons. The molecular formula is C11H10ClF3N2O2S. The number of carbonyl (C=O) groups excluding carboxylic acids is 1. The van der Waals surface area contributed by atoms with Crippen molar-refractivity contribution in [3.05, 3.63) is 32.4 Å². The molecule has 0 aliphatic heterocycles. The van der Waals surface area contributed by atoms with Crippen molar-refractivity contribution >= 4 is 29.0 Å². The van der Waals surface area contributed by atoms with Gasteiger partial charge in [-0.3, -0.25) is 14.0 Å². The van der Waals surface area contributed by atoms with E-state index in [4.69, 9.17) is 11.6 Å². The van der Waals surface area contributed by atoms with E-state index < -0.39 is 29.6 Å². The lowest BCUT2D eigenvalue weighted by Crippen LogP contribution is -2.46. The zero-order valence-electron chi connectivity index (χ0n) is 9.96. The third kappa shape index (κ3) is 3.06. The van der Waals surface area contributed by atoms with E-state index in [1.807, 2.05) is 0 Å². The Balaban J connectivity index is 2.16. The summed E-state index contributed by atoms with van der Waals surface area (Å²) < 4.78 is 40.8. The molecule has 0 saturated carbocycles. The van der Waals surface area contributed by atoms with E-state index in [2.05, 4.69) is 9.69 Å². The van der Waals surface area contributed by atoms with Crippen molar-refractivity contribution in [2.24, 2.45) is 5.92 Å². The van der Waals surface area contributed by atoms with Crippen molar-refractivity contribution < 1.29 is 18.0 Å². The third-order valence-corrected chi connectivity index (χ3v) is 4.37. The highest BCUT2D eigenvalue weighted by Crippen LogP contribution is 2.35. The van der Waals surface area contributed by atoms with Gasteiger partial charge in [-0.15, -0.1) is 0 Å². The van der Waals surface area contributed by atoms with Gasteiger partial charge in [-0.05, 0) is 12.8 Å². The highest BCUT2D eigenvalue weighted by atomic mass is 35.5. The number of aromatic nitrogens is 1. The highest BCUT2D eigenvalue weighted by molar-refractivity contribution is 7.08. The first-order valence-corrected chi connectivity index (χ1v) is 6.89. The number of carbonyl (C=O) groups is 1. The molecule has 0 bridgehead atoms. The van der Waals surface area contributed by atoms with Crippen molar-refractivity contribution in [1.82, 2.24) is 9.69 Å². The second kappa shape index (κ2) is 5.61. The van der Waals surface area contributed by atoms with Crippen LogP contribution < -0.4 is 10.9 Å². The van der Waals surface area contributed by atoms with E-state index in [-0.39, 0.29) is 22.7 Å². The molecule has 1 heterocycles. The first kappa shape index (κ1) is 15.1. The Morgan fingerprint density at radius 1 is 1.40 bits per heavy atom. The molecule has 0 fully saturated rings. The monoisotopic (exact) mass is 326 g/mol. The topological polar surface area (TPSA) is 62.0 Å². The van der Waals surface area contributed by atoms with Crippen molar-refractivity contribution in [1.29, 1.82) is 0 Å². The number of H-pyrrole nitrogens is 1. The summed E-state index contributed by atoms with van der Waals surface area (Å²) in [5.41, 5.74) is -0.627. The lowest BCUT2D eigenvalue weighted by molar-refractivity contribution is -0.181. The van der Waals surface area contributed by atoms with Gasteiger partial charge < -0.3 is 5.32 Å². The molecule has 20 heavy (non-hydrogen) atoms. The molecule has 1 aromatic rings. The highest BCUT2D eigenvalue weighted by Gasteiger charge is 2.45. The van der Waals surface area contributed by atoms with Gasteiger partial charge in [0.1, 0.15) is 9.90 Å². The lowest BCUT2D eigenvalue weighted by Gasteiger charge is -2.30. The fourth-order valence-electron chi connectivity index (χ4n) is 2.01. The predicted molar refractivity (Wildman–Crippen MR) is 69.1 cm³/mol. The second-order valence-electron chi connectivity index (χ2n) is 4.35. The summed E-state index contributed by atoms with van der Waals surface area (Å²) in [4.78, 5) is 22.9. The first-order chi connectivity index (χ1) is 9.30. The van der Waals surface area contributed by atoms with Crippen LogP contribution in [0.5, 0.6) is 0 Å². The molecule has 2 N–H and O–H groups in total. The van der Waals surface area contributed by atoms with E-state index in [1.165, 1.54) is 6.08 Å². The van der Waals surface area contributed by atoms with Crippen molar-refractivity contribution in [2.75, 3.05) is 0 Å². The number of nitrogens with one attached hydrogen (secondary N) is 2. The van der Waals surface area contributed by atoms with Gasteiger partial charge in [0.15, 0.2) is 0 Å². The van der Waals surface area contributed by atoms with Crippen LogP contribution in [0.15, 0.2) is 16.9 Å². The van der Waals surface area contributed by atoms with Gasteiger partial charge in [0.05, 0.1) is 5.92 Å². The Kier molecular flexibility index (Phi) is 4.24. The SMILES string of the molecule is O=C(NC1CC=CCC1C(F)(F)F)c1s[nH]c(=O)c1Cl. The number of rotatable bonds is 2. The lowest BCUT2D eigenvalue weighted by atomic mass is 9.88. The fourth-order valence-corrected chi connectivity index (χ4v) is 2.94. The van der Waals surface area contributed by atoms with E-state index in [0.29, 0.717) is 11.5 Å². The van der Waals surface area contributed by atoms with Gasteiger partial charge in [0.2, 0.25) is 0 Å². The van der Waals surface area contributed by atoms with Gasteiger partial charge in [-0.25, -0.2) is 0 Å². The third-order valence-electron chi connectivity index (χ3n) is 3.02. The number of hydrogen-bond acceptors (Lipinski definition) is 3. The van der Waals surface area contributed by atoms with Crippen LogP contribution in [0.3, 0.4) is 0 Å². The molecule has 0 radical (unpaired) electrons. The smallest absolute Gasteiger partial charge is 0.348 e. The van der Waals surface area contributed by atoms with Crippen LogP contribution in [0.1, 0.15) is 22.5 Å². The zero-order valence-corrected chi connectivity index (χ0v) is 11.5. The van der Waals surface area contributed by atoms with Crippen LogP contribution in [-0.2, 0) is 0 Å². The quantitative estimate of drug-likeness (QED) is 0.821. The predicted octanol–water partition coefficient (Wildman–Crippen LogP) is 2.72. The Morgan fingerprint density at radius 3 is 2.60 bits per heavy atom. The molecule has 2 rings (SSSR count). The second-order valence-corrected chi connectivity index (χ2v) is 5.54. The molecule has 1 amide bonds. The molecule has 9 heteroatoms. The summed E-state index contributed by atoms with van der Waals surface area (Å²) in [6, 6.07) is -1.05. The summed E-state index contributed by atoms with van der Waals surface area (Å²) in [6.45, 7) is 0. The summed E-state index contributed by atoms with van der Waals surface area (Å²) in [5.74, 6) is -2.40. The summed E-state index contributed by atoms with van der Waals surface area (Å²) >= 11 is 6.32. The number of alkyl halides is 3. The Morgan fingerprint density at radius 2 is 2.05 bits per heavy atom. The van der Waals surface area contributed by atoms with Crippen LogP contribution in [0, 0.1) is 5.92 Å². The molecule has 2 atom stereocenters. The van der Waals surface area contributed by atoms with Gasteiger partial charge >= 0.3 is 6.18 Å². The molecular weight excluding hydrogens is 317 g/mol. The number of amides is 1. The van der Waals surface area contributed by atoms with E-state index in [1.54, 1.807) is 6.08 Å². The van der Waals surface area contributed by atoms with E-state index in [0.717, 1.165) is 0 Å². The molecule has 0 aromatic carbocycles. The molecule has 1 aliphatic rings. The van der Waals surface area contributed by atoms with Crippen LogP contribution >= 0.6 is 23.1 Å². The van der Waals surface area contributed by atoms with Crippen molar-refractivity contribution in [3.63, 3.8) is 0 Å². The van der Waals surface area contributed by atoms with Gasteiger partial charge in [0.25, 0.3) is 11.5 Å². The van der Waals surface area contributed by atoms with E-state index in [9.17, 15) is 22.8 Å². The molecule has 1 aliphatic carbocycles. The van der Waals surface area contributed by atoms with Crippen LogP contribution in [0.2, 0.25) is 5.02 Å². The average Bonchev–Trinajstić information content (AvgIpc) is 2.69. The average molecular weight is 327 g/mol. The van der Waals surface area contributed by atoms with E-state index >= 15 is 0 Å². The maximum atomic E-state index is 12.9. The Hall–Kier alpha value is -1.28. The van der Waals surface area contributed by atoms with Gasteiger partial charge in [0, 0.05) is 6.04 Å². The largest absolute Gasteiger partial charge is 0.394 e. The Labute approximate surface area is 120 Å². The molecule has 0 spiro atoms. The summed E-state index contributed by atoms with van der Waals surface area (Å²) in [7, 11) is 0. The minimum atomic E-state index is -4.39. The number of hydrogen-bond donors (Lipinski definition) is 2. The molecule has 1 aromatic heterocycles. The fraction of sp³-hybridized carbons (Fsp3) is 0.455. The minimum Gasteiger partial charge on any atom is -0.348 e. The first-order valence-electron chi connectivity index (χ1n) is 5.70. The van der Waals surface area contributed by atoms with Gasteiger partial charge in [-0.1, -0.05) is 35.3 Å².